The summed E-state index contributed by atoms with van der Waals surface area (Å²) in [5, 5.41) is 0. The zero-order chi connectivity index (χ0) is 11.4. The highest BCUT2D eigenvalue weighted by Gasteiger charge is 2.17. The van der Waals surface area contributed by atoms with E-state index in [1.54, 1.807) is 6.20 Å². The van der Waals surface area contributed by atoms with Gasteiger partial charge in [-0.2, -0.15) is 0 Å². The Morgan fingerprint density at radius 2 is 2.56 bits per heavy atom. The number of hydrogen-bond acceptors (Lipinski definition) is 4. The van der Waals surface area contributed by atoms with E-state index in [4.69, 9.17) is 15.2 Å². The number of nitrogens with zero attached hydrogens (tertiary/aromatic N) is 1. The van der Waals surface area contributed by atoms with Crippen LogP contribution in [-0.2, 0) is 4.74 Å². The summed E-state index contributed by atoms with van der Waals surface area (Å²) in [7, 11) is 0. The zero-order valence-corrected chi connectivity index (χ0v) is 9.56. The first-order valence-electron chi connectivity index (χ1n) is 5.72. The summed E-state index contributed by atoms with van der Waals surface area (Å²) in [5.41, 5.74) is 6.79. The van der Waals surface area contributed by atoms with Gasteiger partial charge in [-0.3, -0.25) is 0 Å². The third-order valence-electron chi connectivity index (χ3n) is 2.72. The van der Waals surface area contributed by atoms with Crippen LogP contribution in [0.1, 0.15) is 31.4 Å². The van der Waals surface area contributed by atoms with Crippen molar-refractivity contribution in [2.24, 2.45) is 5.73 Å². The molecule has 4 nitrogen and oxygen atoms in total. The molecule has 2 atom stereocenters. The molecule has 4 heteroatoms. The van der Waals surface area contributed by atoms with Gasteiger partial charge in [0.1, 0.15) is 6.61 Å². The first-order valence-corrected chi connectivity index (χ1v) is 5.72. The van der Waals surface area contributed by atoms with Crippen LogP contribution in [0.3, 0.4) is 0 Å². The van der Waals surface area contributed by atoms with Crippen LogP contribution < -0.4 is 10.5 Å². The van der Waals surface area contributed by atoms with Gasteiger partial charge in [0, 0.05) is 24.4 Å². The molecule has 1 aliphatic rings. The van der Waals surface area contributed by atoms with E-state index in [0.29, 0.717) is 12.5 Å². The molecule has 1 aromatic heterocycles. The maximum absolute atomic E-state index is 5.85. The van der Waals surface area contributed by atoms with E-state index in [9.17, 15) is 0 Å². The van der Waals surface area contributed by atoms with Gasteiger partial charge >= 0.3 is 0 Å². The molecule has 0 radical (unpaired) electrons. The standard InChI is InChI=1S/C12H18N2O2/c1-9(13)11-5-2-6-14-12(11)16-8-10-4-3-7-15-10/h2,5-6,9-10H,3-4,7-8,13H2,1H3/t9-,10?/m1/s1. The monoisotopic (exact) mass is 222 g/mol. The summed E-state index contributed by atoms with van der Waals surface area (Å²) < 4.78 is 11.2. The van der Waals surface area contributed by atoms with Crippen molar-refractivity contribution >= 4 is 0 Å². The van der Waals surface area contributed by atoms with Gasteiger partial charge in [0.05, 0.1) is 6.10 Å². The second-order valence-electron chi connectivity index (χ2n) is 4.13. The SMILES string of the molecule is C[C@@H](N)c1cccnc1OCC1CCCO1. The molecule has 0 aliphatic carbocycles. The predicted octanol–water partition coefficient (Wildman–Crippen LogP) is 1.66. The van der Waals surface area contributed by atoms with E-state index >= 15 is 0 Å². The van der Waals surface area contributed by atoms with E-state index in [0.717, 1.165) is 25.0 Å². The van der Waals surface area contributed by atoms with Gasteiger partial charge in [0.25, 0.3) is 0 Å². The fourth-order valence-electron chi connectivity index (χ4n) is 1.82. The highest BCUT2D eigenvalue weighted by molar-refractivity contribution is 5.28. The van der Waals surface area contributed by atoms with Crippen LogP contribution in [0.25, 0.3) is 0 Å². The molecule has 2 heterocycles. The van der Waals surface area contributed by atoms with Gasteiger partial charge in [-0.25, -0.2) is 4.98 Å². The molecule has 0 saturated carbocycles. The minimum atomic E-state index is -0.0619. The molecule has 0 bridgehead atoms. The molecule has 0 amide bonds. The Morgan fingerprint density at radius 1 is 1.69 bits per heavy atom. The second kappa shape index (κ2) is 5.27. The summed E-state index contributed by atoms with van der Waals surface area (Å²) in [4.78, 5) is 4.20. The third-order valence-corrected chi connectivity index (χ3v) is 2.72. The van der Waals surface area contributed by atoms with Crippen molar-refractivity contribution in [3.63, 3.8) is 0 Å². The number of hydrogen-bond donors (Lipinski definition) is 1. The lowest BCUT2D eigenvalue weighted by Crippen LogP contribution is -2.18. The van der Waals surface area contributed by atoms with E-state index in [2.05, 4.69) is 4.98 Å². The number of nitrogens with two attached hydrogens (primary N) is 1. The molecule has 0 spiro atoms. The lowest BCUT2D eigenvalue weighted by molar-refractivity contribution is 0.0658. The van der Waals surface area contributed by atoms with Crippen LogP contribution in [0.4, 0.5) is 0 Å². The van der Waals surface area contributed by atoms with Crippen molar-refractivity contribution in [2.45, 2.75) is 31.9 Å². The average molecular weight is 222 g/mol. The highest BCUT2D eigenvalue weighted by atomic mass is 16.5. The first-order chi connectivity index (χ1) is 7.77. The van der Waals surface area contributed by atoms with Crippen molar-refractivity contribution in [2.75, 3.05) is 13.2 Å². The summed E-state index contributed by atoms with van der Waals surface area (Å²) >= 11 is 0. The van der Waals surface area contributed by atoms with Gasteiger partial charge < -0.3 is 15.2 Å². The Hall–Kier alpha value is -1.13. The molecule has 1 aromatic rings. The second-order valence-corrected chi connectivity index (χ2v) is 4.13. The van der Waals surface area contributed by atoms with E-state index in [1.165, 1.54) is 0 Å². The quantitative estimate of drug-likeness (QED) is 0.841. The Kier molecular flexibility index (Phi) is 3.74. The molecule has 2 N–H and O–H groups in total. The van der Waals surface area contributed by atoms with Crippen molar-refractivity contribution < 1.29 is 9.47 Å². The maximum atomic E-state index is 5.85. The minimum Gasteiger partial charge on any atom is -0.475 e. The Balaban J connectivity index is 1.97. The van der Waals surface area contributed by atoms with E-state index in [-0.39, 0.29) is 12.1 Å². The molecule has 1 unspecified atom stereocenters. The summed E-state index contributed by atoms with van der Waals surface area (Å²) in [6, 6.07) is 3.76. The fraction of sp³-hybridized carbons (Fsp3) is 0.583. The van der Waals surface area contributed by atoms with Gasteiger partial charge in [-0.15, -0.1) is 0 Å². The maximum Gasteiger partial charge on any atom is 0.218 e. The smallest absolute Gasteiger partial charge is 0.218 e. The van der Waals surface area contributed by atoms with E-state index in [1.807, 2.05) is 19.1 Å². The van der Waals surface area contributed by atoms with Crippen LogP contribution in [0.2, 0.25) is 0 Å². The summed E-state index contributed by atoms with van der Waals surface area (Å²) in [5.74, 6) is 0.632. The van der Waals surface area contributed by atoms with Crippen molar-refractivity contribution in [3.8, 4) is 5.88 Å². The zero-order valence-electron chi connectivity index (χ0n) is 9.56. The minimum absolute atomic E-state index is 0.0619. The topological polar surface area (TPSA) is 57.4 Å². The van der Waals surface area contributed by atoms with Crippen LogP contribution in [-0.4, -0.2) is 24.3 Å². The van der Waals surface area contributed by atoms with Crippen LogP contribution in [0, 0.1) is 0 Å². The normalized spacial score (nSPS) is 22.0. The summed E-state index contributed by atoms with van der Waals surface area (Å²) in [6.07, 6.45) is 4.12. The van der Waals surface area contributed by atoms with Gasteiger partial charge in [-0.05, 0) is 25.8 Å². The van der Waals surface area contributed by atoms with Gasteiger partial charge in [0.2, 0.25) is 5.88 Å². The average Bonchev–Trinajstić information content (AvgIpc) is 2.79. The molecule has 88 valence electrons. The lowest BCUT2D eigenvalue weighted by Gasteiger charge is -2.14. The Morgan fingerprint density at radius 3 is 3.25 bits per heavy atom. The van der Waals surface area contributed by atoms with Gasteiger partial charge in [0.15, 0.2) is 0 Å². The molecule has 2 rings (SSSR count). The molecule has 16 heavy (non-hydrogen) atoms. The number of pyridine rings is 1. The number of rotatable bonds is 4. The Labute approximate surface area is 95.8 Å². The number of aromatic nitrogens is 1. The molecule has 1 saturated heterocycles. The molecule has 0 aromatic carbocycles. The third kappa shape index (κ3) is 2.71. The predicted molar refractivity (Wildman–Crippen MR) is 61.3 cm³/mol. The molecule has 1 fully saturated rings. The molecular weight excluding hydrogens is 204 g/mol. The van der Waals surface area contributed by atoms with Crippen LogP contribution in [0.5, 0.6) is 5.88 Å². The fourth-order valence-corrected chi connectivity index (χ4v) is 1.82. The van der Waals surface area contributed by atoms with Crippen molar-refractivity contribution in [1.29, 1.82) is 0 Å². The number of ether oxygens (including phenoxy) is 2. The summed E-state index contributed by atoms with van der Waals surface area (Å²) in [6.45, 7) is 3.34. The molecular formula is C12H18N2O2. The van der Waals surface area contributed by atoms with Gasteiger partial charge in [-0.1, -0.05) is 6.07 Å². The largest absolute Gasteiger partial charge is 0.475 e. The van der Waals surface area contributed by atoms with E-state index < -0.39 is 0 Å². The Bertz CT molecular complexity index is 336. The molecule has 1 aliphatic heterocycles. The van der Waals surface area contributed by atoms with Crippen molar-refractivity contribution in [1.82, 2.24) is 4.98 Å². The highest BCUT2D eigenvalue weighted by Crippen LogP contribution is 2.21. The van der Waals surface area contributed by atoms with Crippen LogP contribution in [0.15, 0.2) is 18.3 Å². The lowest BCUT2D eigenvalue weighted by atomic mass is 10.1. The van der Waals surface area contributed by atoms with Crippen LogP contribution >= 0.6 is 0 Å². The van der Waals surface area contributed by atoms with Crippen molar-refractivity contribution in [3.05, 3.63) is 23.9 Å². The first kappa shape index (κ1) is 11.4.